The highest BCUT2D eigenvalue weighted by molar-refractivity contribution is 5.25. The Hall–Kier alpha value is -1.18. The number of rotatable bonds is 8. The maximum absolute atomic E-state index is 12.0. The van der Waals surface area contributed by atoms with Crippen molar-refractivity contribution >= 4 is 0 Å². The summed E-state index contributed by atoms with van der Waals surface area (Å²) >= 11 is 0. The van der Waals surface area contributed by atoms with E-state index in [2.05, 4.69) is 31.2 Å². The normalized spacial score (nSPS) is 22.1. The minimum atomic E-state index is -2.20. The molecule has 0 saturated heterocycles. The zero-order valence-electron chi connectivity index (χ0n) is 14.3. The Balaban J connectivity index is 1.64. The lowest BCUT2D eigenvalue weighted by molar-refractivity contribution is 0.152. The number of aryl methyl sites for hydroxylation is 1. The molecule has 0 N–H and O–H groups in total. The molecule has 1 aromatic carbocycles. The van der Waals surface area contributed by atoms with Crippen LogP contribution in [-0.2, 0) is 6.42 Å². The number of hydrogen-bond acceptors (Lipinski definition) is 0. The molecule has 0 amide bonds. The lowest BCUT2D eigenvalue weighted by Crippen LogP contribution is -2.13. The summed E-state index contributed by atoms with van der Waals surface area (Å²) in [5.74, 6) is 1.58. The van der Waals surface area contributed by atoms with Gasteiger partial charge in [0.15, 0.2) is 0 Å². The second-order valence-electron chi connectivity index (χ2n) is 6.84. The number of hydrogen-bond donors (Lipinski definition) is 0. The van der Waals surface area contributed by atoms with E-state index in [0.29, 0.717) is 0 Å². The summed E-state index contributed by atoms with van der Waals surface area (Å²) in [6.45, 7) is 2.20. The molecule has 0 spiro atoms. The maximum Gasteiger partial charge on any atom is 0.242 e. The molecule has 0 aromatic heterocycles. The first-order valence-corrected chi connectivity index (χ1v) is 9.21. The summed E-state index contributed by atoms with van der Waals surface area (Å²) in [5, 5.41) is 0. The van der Waals surface area contributed by atoms with Crippen molar-refractivity contribution in [2.45, 2.75) is 77.1 Å². The van der Waals surface area contributed by atoms with Crippen LogP contribution in [0.25, 0.3) is 0 Å². The van der Waals surface area contributed by atoms with E-state index in [1.807, 2.05) is 6.08 Å². The molecular weight excluding hydrogens is 290 g/mol. The van der Waals surface area contributed by atoms with Crippen LogP contribution < -0.4 is 0 Å². The van der Waals surface area contributed by atoms with Crippen molar-refractivity contribution < 1.29 is 8.78 Å². The average molecular weight is 320 g/mol. The van der Waals surface area contributed by atoms with Crippen molar-refractivity contribution in [3.05, 3.63) is 47.5 Å². The van der Waals surface area contributed by atoms with Gasteiger partial charge in [-0.2, -0.15) is 0 Å². The third-order valence-electron chi connectivity index (χ3n) is 5.17. The third-order valence-corrected chi connectivity index (χ3v) is 5.17. The zero-order chi connectivity index (χ0) is 16.5. The van der Waals surface area contributed by atoms with Gasteiger partial charge in [0, 0.05) is 6.42 Å². The largest absolute Gasteiger partial charge is 0.242 e. The monoisotopic (exact) mass is 320 g/mol. The first-order chi connectivity index (χ1) is 11.2. The van der Waals surface area contributed by atoms with Gasteiger partial charge in [-0.3, -0.25) is 0 Å². The van der Waals surface area contributed by atoms with Crippen LogP contribution in [0.15, 0.2) is 36.4 Å². The second kappa shape index (κ2) is 9.85. The van der Waals surface area contributed by atoms with Gasteiger partial charge in [-0.15, -0.1) is 0 Å². The quantitative estimate of drug-likeness (QED) is 0.361. The maximum atomic E-state index is 12.0. The fraction of sp³-hybridized carbons (Fsp3) is 0.619. The molecule has 1 saturated carbocycles. The van der Waals surface area contributed by atoms with Crippen LogP contribution in [0.5, 0.6) is 0 Å². The minimum absolute atomic E-state index is 0.0953. The standard InChI is InChI=1S/C21H30F2/c1-2-17-9-13-19(14-10-17)20-15-11-18(12-16-20)7-5-3-4-6-8-21(22)23/h4,6,9-10,13-14,18,20-21H,2-3,5,7-8,11-12,15-16H2,1H3/t18-,20-. The Kier molecular flexibility index (Phi) is 7.78. The van der Waals surface area contributed by atoms with E-state index >= 15 is 0 Å². The van der Waals surface area contributed by atoms with Crippen molar-refractivity contribution in [2.24, 2.45) is 5.92 Å². The van der Waals surface area contributed by atoms with E-state index in [-0.39, 0.29) is 6.42 Å². The highest BCUT2D eigenvalue weighted by Gasteiger charge is 2.21. The van der Waals surface area contributed by atoms with Crippen LogP contribution in [0, 0.1) is 5.92 Å². The summed E-state index contributed by atoms with van der Waals surface area (Å²) in [6.07, 6.45) is 10.9. The first-order valence-electron chi connectivity index (χ1n) is 9.21. The zero-order valence-corrected chi connectivity index (χ0v) is 14.3. The van der Waals surface area contributed by atoms with E-state index in [1.54, 1.807) is 6.08 Å². The molecule has 1 fully saturated rings. The van der Waals surface area contributed by atoms with Gasteiger partial charge in [0.2, 0.25) is 6.43 Å². The van der Waals surface area contributed by atoms with Crippen molar-refractivity contribution in [3.63, 3.8) is 0 Å². The number of alkyl halides is 2. The topological polar surface area (TPSA) is 0 Å². The fourth-order valence-electron chi connectivity index (χ4n) is 3.65. The molecule has 0 aliphatic heterocycles. The van der Waals surface area contributed by atoms with Crippen LogP contribution >= 0.6 is 0 Å². The van der Waals surface area contributed by atoms with Crippen LogP contribution in [0.4, 0.5) is 8.78 Å². The Labute approximate surface area is 140 Å². The predicted octanol–water partition coefficient (Wildman–Crippen LogP) is 6.90. The van der Waals surface area contributed by atoms with Crippen molar-refractivity contribution in [1.82, 2.24) is 0 Å². The van der Waals surface area contributed by atoms with Crippen LogP contribution in [-0.4, -0.2) is 6.43 Å². The lowest BCUT2D eigenvalue weighted by Gasteiger charge is -2.29. The molecule has 2 heteroatoms. The fourth-order valence-corrected chi connectivity index (χ4v) is 3.65. The van der Waals surface area contributed by atoms with Gasteiger partial charge in [-0.1, -0.05) is 49.8 Å². The van der Waals surface area contributed by atoms with Gasteiger partial charge < -0.3 is 0 Å². The first kappa shape index (κ1) is 18.2. The molecule has 2 rings (SSSR count). The smallest absolute Gasteiger partial charge is 0.210 e. The van der Waals surface area contributed by atoms with E-state index in [4.69, 9.17) is 0 Å². The van der Waals surface area contributed by atoms with Gasteiger partial charge in [0.25, 0.3) is 0 Å². The average Bonchev–Trinajstić information content (AvgIpc) is 2.58. The van der Waals surface area contributed by atoms with E-state index < -0.39 is 6.43 Å². The number of benzene rings is 1. The molecule has 0 heterocycles. The van der Waals surface area contributed by atoms with E-state index in [0.717, 1.165) is 31.1 Å². The Morgan fingerprint density at radius 1 is 1.04 bits per heavy atom. The Morgan fingerprint density at radius 3 is 2.35 bits per heavy atom. The van der Waals surface area contributed by atoms with E-state index in [9.17, 15) is 8.78 Å². The number of unbranched alkanes of at least 4 members (excludes halogenated alkanes) is 1. The molecule has 0 unspecified atom stereocenters. The summed E-state index contributed by atoms with van der Waals surface area (Å²) in [4.78, 5) is 0. The molecule has 0 bridgehead atoms. The van der Waals surface area contributed by atoms with Gasteiger partial charge in [0.05, 0.1) is 0 Å². The molecule has 1 aromatic rings. The Bertz CT molecular complexity index is 453. The molecule has 0 nitrogen and oxygen atoms in total. The predicted molar refractivity (Wildman–Crippen MR) is 94.1 cm³/mol. The van der Waals surface area contributed by atoms with Gasteiger partial charge in [-0.05, 0) is 67.9 Å². The van der Waals surface area contributed by atoms with Gasteiger partial charge in [0.1, 0.15) is 0 Å². The van der Waals surface area contributed by atoms with Crippen molar-refractivity contribution in [2.75, 3.05) is 0 Å². The highest BCUT2D eigenvalue weighted by atomic mass is 19.3. The summed E-state index contributed by atoms with van der Waals surface area (Å²) in [6, 6.07) is 9.18. The molecular formula is C21H30F2. The summed E-state index contributed by atoms with van der Waals surface area (Å²) < 4.78 is 24.0. The van der Waals surface area contributed by atoms with E-state index in [1.165, 1.54) is 43.2 Å². The molecule has 128 valence electrons. The SMILES string of the molecule is CCc1ccc([C@H]2CC[C@H](CCCC=CCC(F)F)CC2)cc1. The third kappa shape index (κ3) is 6.45. The minimum Gasteiger partial charge on any atom is -0.210 e. The summed E-state index contributed by atoms with van der Waals surface area (Å²) in [7, 11) is 0. The number of halogens is 2. The number of allylic oxidation sites excluding steroid dienone is 2. The van der Waals surface area contributed by atoms with Crippen LogP contribution in [0.1, 0.15) is 75.3 Å². The molecule has 1 aliphatic rings. The van der Waals surface area contributed by atoms with Crippen LogP contribution in [0.2, 0.25) is 0 Å². The molecule has 23 heavy (non-hydrogen) atoms. The molecule has 0 radical (unpaired) electrons. The Morgan fingerprint density at radius 2 is 1.74 bits per heavy atom. The van der Waals surface area contributed by atoms with Gasteiger partial charge >= 0.3 is 0 Å². The lowest BCUT2D eigenvalue weighted by atomic mass is 9.77. The molecule has 0 atom stereocenters. The second-order valence-corrected chi connectivity index (χ2v) is 6.84. The van der Waals surface area contributed by atoms with Crippen molar-refractivity contribution in [3.8, 4) is 0 Å². The van der Waals surface area contributed by atoms with Gasteiger partial charge in [-0.25, -0.2) is 8.78 Å². The molecule has 1 aliphatic carbocycles. The van der Waals surface area contributed by atoms with Crippen LogP contribution in [0.3, 0.4) is 0 Å². The highest BCUT2D eigenvalue weighted by Crippen LogP contribution is 2.37. The summed E-state index contributed by atoms with van der Waals surface area (Å²) in [5.41, 5.74) is 2.93. The van der Waals surface area contributed by atoms with Crippen molar-refractivity contribution in [1.29, 1.82) is 0 Å².